The van der Waals surface area contributed by atoms with Gasteiger partial charge in [0.25, 0.3) is 0 Å². The summed E-state index contributed by atoms with van der Waals surface area (Å²) < 4.78 is 0. The lowest BCUT2D eigenvalue weighted by atomic mass is 9.95. The van der Waals surface area contributed by atoms with Gasteiger partial charge in [-0.25, -0.2) is 0 Å². The van der Waals surface area contributed by atoms with Crippen LogP contribution < -0.4 is 10.6 Å². The number of anilines is 1. The molecule has 14 heavy (non-hydrogen) atoms. The fraction of sp³-hybridized carbons (Fsp3) is 0.636. The predicted molar refractivity (Wildman–Crippen MR) is 63.1 cm³/mol. The van der Waals surface area contributed by atoms with Crippen LogP contribution in [0.25, 0.3) is 0 Å². The third-order valence-corrected chi connectivity index (χ3v) is 3.84. The van der Waals surface area contributed by atoms with Gasteiger partial charge in [-0.1, -0.05) is 6.92 Å². The van der Waals surface area contributed by atoms with Crippen LogP contribution in [0.4, 0.5) is 5.69 Å². The number of aryl methyl sites for hydroxylation is 1. The second kappa shape index (κ2) is 4.32. The monoisotopic (exact) mass is 210 g/mol. The Morgan fingerprint density at radius 1 is 1.50 bits per heavy atom. The van der Waals surface area contributed by atoms with Gasteiger partial charge in [0, 0.05) is 17.1 Å². The Morgan fingerprint density at radius 3 is 3.00 bits per heavy atom. The number of nitrogens with one attached hydrogen (secondary N) is 2. The topological polar surface area (TPSA) is 24.1 Å². The molecule has 0 saturated carbocycles. The zero-order valence-electron chi connectivity index (χ0n) is 8.84. The number of hydrogen-bond donors (Lipinski definition) is 2. The molecule has 0 aliphatic carbocycles. The van der Waals surface area contributed by atoms with Gasteiger partial charge in [-0.05, 0) is 43.3 Å². The highest BCUT2D eigenvalue weighted by Crippen LogP contribution is 2.23. The highest BCUT2D eigenvalue weighted by atomic mass is 32.1. The lowest BCUT2D eigenvalue weighted by Crippen LogP contribution is -2.42. The molecule has 2 atom stereocenters. The molecule has 0 radical (unpaired) electrons. The first kappa shape index (κ1) is 9.99. The van der Waals surface area contributed by atoms with Gasteiger partial charge in [0.05, 0.1) is 0 Å². The molecule has 1 saturated heterocycles. The van der Waals surface area contributed by atoms with E-state index in [-0.39, 0.29) is 0 Å². The maximum Gasteiger partial charge on any atom is 0.0480 e. The summed E-state index contributed by atoms with van der Waals surface area (Å²) in [4.78, 5) is 0. The molecule has 78 valence electrons. The van der Waals surface area contributed by atoms with Crippen LogP contribution in [0.1, 0.15) is 18.9 Å². The van der Waals surface area contributed by atoms with Gasteiger partial charge < -0.3 is 10.6 Å². The van der Waals surface area contributed by atoms with E-state index in [1.807, 2.05) is 0 Å². The third-order valence-electron chi connectivity index (χ3n) is 2.98. The van der Waals surface area contributed by atoms with Crippen LogP contribution in [0.15, 0.2) is 10.8 Å². The van der Waals surface area contributed by atoms with E-state index in [1.165, 1.54) is 17.7 Å². The second-order valence-corrected chi connectivity index (χ2v) is 4.93. The fourth-order valence-electron chi connectivity index (χ4n) is 1.94. The van der Waals surface area contributed by atoms with E-state index in [9.17, 15) is 0 Å². The third kappa shape index (κ3) is 2.10. The van der Waals surface area contributed by atoms with Crippen molar-refractivity contribution in [3.8, 4) is 0 Å². The van der Waals surface area contributed by atoms with E-state index in [1.54, 1.807) is 11.3 Å². The average molecular weight is 210 g/mol. The van der Waals surface area contributed by atoms with Gasteiger partial charge in [-0.15, -0.1) is 11.3 Å². The van der Waals surface area contributed by atoms with Crippen molar-refractivity contribution in [3.63, 3.8) is 0 Å². The van der Waals surface area contributed by atoms with Crippen molar-refractivity contribution in [2.75, 3.05) is 18.4 Å². The molecule has 1 fully saturated rings. The van der Waals surface area contributed by atoms with Crippen LogP contribution in [0.5, 0.6) is 0 Å². The van der Waals surface area contributed by atoms with Crippen LogP contribution in [-0.4, -0.2) is 19.1 Å². The fourth-order valence-corrected chi connectivity index (χ4v) is 2.73. The largest absolute Gasteiger partial charge is 0.381 e. The summed E-state index contributed by atoms with van der Waals surface area (Å²) in [5, 5.41) is 11.5. The maximum absolute atomic E-state index is 3.65. The van der Waals surface area contributed by atoms with Crippen molar-refractivity contribution in [2.45, 2.75) is 26.3 Å². The zero-order valence-corrected chi connectivity index (χ0v) is 9.66. The van der Waals surface area contributed by atoms with E-state index in [0.717, 1.165) is 19.0 Å². The molecule has 2 nitrogen and oxygen atoms in total. The van der Waals surface area contributed by atoms with Crippen LogP contribution in [0.2, 0.25) is 0 Å². The first-order valence-corrected chi connectivity index (χ1v) is 6.21. The Kier molecular flexibility index (Phi) is 3.08. The Morgan fingerprint density at radius 2 is 2.36 bits per heavy atom. The van der Waals surface area contributed by atoms with Crippen LogP contribution in [0.3, 0.4) is 0 Å². The summed E-state index contributed by atoms with van der Waals surface area (Å²) in [7, 11) is 0. The minimum atomic E-state index is 0.643. The summed E-state index contributed by atoms with van der Waals surface area (Å²) in [6, 6.07) is 0.643. The number of hydrogen-bond acceptors (Lipinski definition) is 3. The zero-order chi connectivity index (χ0) is 9.97. The van der Waals surface area contributed by atoms with Crippen molar-refractivity contribution in [2.24, 2.45) is 5.92 Å². The van der Waals surface area contributed by atoms with Crippen molar-refractivity contribution in [1.29, 1.82) is 0 Å². The van der Waals surface area contributed by atoms with Crippen LogP contribution in [-0.2, 0) is 0 Å². The van der Waals surface area contributed by atoms with Crippen molar-refractivity contribution in [1.82, 2.24) is 5.32 Å². The molecular formula is C11H18N2S. The normalized spacial score (nSPS) is 27.6. The van der Waals surface area contributed by atoms with Crippen LogP contribution in [0, 0.1) is 12.8 Å². The summed E-state index contributed by atoms with van der Waals surface area (Å²) >= 11 is 1.78. The molecule has 1 aromatic rings. The first-order valence-electron chi connectivity index (χ1n) is 5.27. The quantitative estimate of drug-likeness (QED) is 0.783. The molecule has 3 heteroatoms. The molecule has 2 rings (SSSR count). The standard InChI is InChI=1S/C11H18N2S/c1-8-5-12-4-3-10(8)13-11-7-14-6-9(11)2/h6-8,10,12-13H,3-5H2,1-2H3. The molecule has 2 unspecified atom stereocenters. The molecule has 1 aliphatic heterocycles. The molecule has 1 aliphatic rings. The highest BCUT2D eigenvalue weighted by Gasteiger charge is 2.20. The number of thiophene rings is 1. The van der Waals surface area contributed by atoms with E-state index in [4.69, 9.17) is 0 Å². The van der Waals surface area contributed by atoms with Gasteiger partial charge in [0.2, 0.25) is 0 Å². The molecule has 0 aromatic carbocycles. The Labute approximate surface area is 89.7 Å². The van der Waals surface area contributed by atoms with E-state index >= 15 is 0 Å². The van der Waals surface area contributed by atoms with E-state index in [0.29, 0.717) is 6.04 Å². The summed E-state index contributed by atoms with van der Waals surface area (Å²) in [5.74, 6) is 0.725. The summed E-state index contributed by atoms with van der Waals surface area (Å²) in [6.07, 6.45) is 1.23. The first-order chi connectivity index (χ1) is 6.77. The maximum atomic E-state index is 3.65. The number of rotatable bonds is 2. The van der Waals surface area contributed by atoms with E-state index < -0.39 is 0 Å². The van der Waals surface area contributed by atoms with Crippen molar-refractivity contribution >= 4 is 17.0 Å². The van der Waals surface area contributed by atoms with Gasteiger partial charge in [0.1, 0.15) is 0 Å². The molecule has 0 spiro atoms. The molecule has 0 bridgehead atoms. The SMILES string of the molecule is Cc1cscc1NC1CCNCC1C. The smallest absolute Gasteiger partial charge is 0.0480 e. The average Bonchev–Trinajstić information content (AvgIpc) is 2.56. The predicted octanol–water partition coefficient (Wildman–Crippen LogP) is 2.47. The van der Waals surface area contributed by atoms with Crippen molar-refractivity contribution in [3.05, 3.63) is 16.3 Å². The minimum Gasteiger partial charge on any atom is -0.381 e. The van der Waals surface area contributed by atoms with Gasteiger partial charge in [-0.3, -0.25) is 0 Å². The van der Waals surface area contributed by atoms with Crippen molar-refractivity contribution < 1.29 is 0 Å². The van der Waals surface area contributed by atoms with E-state index in [2.05, 4.69) is 35.2 Å². The molecule has 1 aromatic heterocycles. The molecule has 2 heterocycles. The summed E-state index contributed by atoms with van der Waals surface area (Å²) in [5.41, 5.74) is 2.70. The van der Waals surface area contributed by atoms with Crippen LogP contribution >= 0.6 is 11.3 Å². The van der Waals surface area contributed by atoms with Gasteiger partial charge >= 0.3 is 0 Å². The van der Waals surface area contributed by atoms with Gasteiger partial charge in [-0.2, -0.15) is 0 Å². The number of piperidine rings is 1. The summed E-state index contributed by atoms with van der Waals surface area (Å²) in [6.45, 7) is 6.77. The van der Waals surface area contributed by atoms with Gasteiger partial charge in [0.15, 0.2) is 0 Å². The Bertz CT molecular complexity index is 295. The Balaban J connectivity index is 1.99. The molecule has 2 N–H and O–H groups in total. The molecular weight excluding hydrogens is 192 g/mol. The lowest BCUT2D eigenvalue weighted by molar-refractivity contribution is 0.368. The highest BCUT2D eigenvalue weighted by molar-refractivity contribution is 7.08. The molecule has 0 amide bonds. The lowest BCUT2D eigenvalue weighted by Gasteiger charge is -2.31. The second-order valence-electron chi connectivity index (χ2n) is 4.19. The Hall–Kier alpha value is -0.540. The minimum absolute atomic E-state index is 0.643.